The van der Waals surface area contributed by atoms with Crippen LogP contribution in [-0.2, 0) is 20.8 Å². The maximum atomic E-state index is 11.9. The third kappa shape index (κ3) is 4.92. The molecule has 1 amide bonds. The Kier molecular flexibility index (Phi) is 6.04. The summed E-state index contributed by atoms with van der Waals surface area (Å²) in [6, 6.07) is 4.05. The molecule has 0 unspecified atom stereocenters. The van der Waals surface area contributed by atoms with E-state index in [0.717, 1.165) is 56.9 Å². The topological polar surface area (TPSA) is 63.7 Å². The summed E-state index contributed by atoms with van der Waals surface area (Å²) in [5.41, 5.74) is 1.02. The van der Waals surface area contributed by atoms with E-state index in [1.54, 1.807) is 0 Å². The van der Waals surface area contributed by atoms with E-state index in [-0.39, 0.29) is 18.1 Å². The Morgan fingerprint density at radius 3 is 3.00 bits per heavy atom. The van der Waals surface area contributed by atoms with Crippen LogP contribution < -0.4 is 10.2 Å². The van der Waals surface area contributed by atoms with Crippen molar-refractivity contribution in [3.8, 4) is 0 Å². The van der Waals surface area contributed by atoms with Crippen LogP contribution in [0.3, 0.4) is 0 Å². The first-order valence-electron chi connectivity index (χ1n) is 8.90. The molecule has 1 aromatic rings. The number of nitrogens with one attached hydrogen (secondary N) is 1. The van der Waals surface area contributed by atoms with Gasteiger partial charge in [-0.2, -0.15) is 0 Å². The van der Waals surface area contributed by atoms with Crippen molar-refractivity contribution in [3.05, 3.63) is 23.9 Å². The molecule has 3 heterocycles. The zero-order chi connectivity index (χ0) is 16.8. The minimum absolute atomic E-state index is 0.0802. The average Bonchev–Trinajstić information content (AvgIpc) is 3.12. The van der Waals surface area contributed by atoms with Gasteiger partial charge in [0.2, 0.25) is 5.91 Å². The monoisotopic (exact) mass is 333 g/mol. The Bertz CT molecular complexity index is 529. The van der Waals surface area contributed by atoms with Crippen molar-refractivity contribution in [1.29, 1.82) is 0 Å². The average molecular weight is 333 g/mol. The number of carbonyl (C=O) groups is 1. The van der Waals surface area contributed by atoms with Gasteiger partial charge in [-0.3, -0.25) is 4.79 Å². The quantitative estimate of drug-likeness (QED) is 0.861. The van der Waals surface area contributed by atoms with Gasteiger partial charge in [0, 0.05) is 38.9 Å². The van der Waals surface area contributed by atoms with Crippen LogP contribution >= 0.6 is 0 Å². The maximum absolute atomic E-state index is 11.9. The first kappa shape index (κ1) is 17.2. The van der Waals surface area contributed by atoms with Gasteiger partial charge in [-0.25, -0.2) is 4.98 Å². The lowest BCUT2D eigenvalue weighted by Gasteiger charge is -2.32. The van der Waals surface area contributed by atoms with Crippen LogP contribution in [0.4, 0.5) is 5.82 Å². The highest BCUT2D eigenvalue weighted by atomic mass is 16.5. The third-order valence-electron chi connectivity index (χ3n) is 4.58. The summed E-state index contributed by atoms with van der Waals surface area (Å²) in [6.45, 7) is 5.92. The fourth-order valence-electron chi connectivity index (χ4n) is 3.19. The molecule has 132 valence electrons. The molecular formula is C18H27N3O3. The van der Waals surface area contributed by atoms with E-state index in [1.165, 1.54) is 0 Å². The first-order valence-corrected chi connectivity index (χ1v) is 8.90. The zero-order valence-corrected chi connectivity index (χ0v) is 14.4. The number of pyridine rings is 1. The number of nitrogens with zero attached hydrogens (tertiary/aromatic N) is 2. The number of morpholine rings is 1. The second kappa shape index (κ2) is 8.44. The molecule has 0 spiro atoms. The molecule has 6 heteroatoms. The summed E-state index contributed by atoms with van der Waals surface area (Å²) in [4.78, 5) is 18.7. The Hall–Kier alpha value is -1.66. The molecule has 0 saturated carbocycles. The highest BCUT2D eigenvalue weighted by molar-refractivity contribution is 5.75. The fourth-order valence-corrected chi connectivity index (χ4v) is 3.19. The predicted octanol–water partition coefficient (Wildman–Crippen LogP) is 1.88. The molecule has 1 N–H and O–H groups in total. The minimum Gasteiger partial charge on any atom is -0.378 e. The van der Waals surface area contributed by atoms with Crippen LogP contribution in [0.15, 0.2) is 18.3 Å². The summed E-state index contributed by atoms with van der Waals surface area (Å²) in [7, 11) is 0. The summed E-state index contributed by atoms with van der Waals surface area (Å²) < 4.78 is 11.1. The highest BCUT2D eigenvalue weighted by Crippen LogP contribution is 2.17. The number of carbonyl (C=O) groups excluding carboxylic acids is 1. The molecule has 24 heavy (non-hydrogen) atoms. The van der Waals surface area contributed by atoms with E-state index < -0.39 is 0 Å². The summed E-state index contributed by atoms with van der Waals surface area (Å²) in [5, 5.41) is 2.96. The molecular weight excluding hydrogens is 306 g/mol. The number of anilines is 1. The van der Waals surface area contributed by atoms with Gasteiger partial charge < -0.3 is 19.7 Å². The van der Waals surface area contributed by atoms with E-state index >= 15 is 0 Å². The summed E-state index contributed by atoms with van der Waals surface area (Å²) in [6.07, 6.45) is 5.90. The molecule has 3 rings (SSSR count). The Labute approximate surface area is 143 Å². The van der Waals surface area contributed by atoms with Gasteiger partial charge in [0.15, 0.2) is 0 Å². The number of hydrogen-bond donors (Lipinski definition) is 1. The van der Waals surface area contributed by atoms with Crippen molar-refractivity contribution in [2.75, 3.05) is 31.2 Å². The van der Waals surface area contributed by atoms with Gasteiger partial charge in [-0.05, 0) is 37.8 Å². The Balaban J connectivity index is 1.41. The number of hydrogen-bond acceptors (Lipinski definition) is 5. The molecule has 1 aromatic heterocycles. The minimum atomic E-state index is 0.0802. The van der Waals surface area contributed by atoms with E-state index in [0.29, 0.717) is 13.0 Å². The lowest BCUT2D eigenvalue weighted by atomic mass is 10.1. The van der Waals surface area contributed by atoms with Crippen molar-refractivity contribution in [3.63, 3.8) is 0 Å². The van der Waals surface area contributed by atoms with Gasteiger partial charge in [-0.1, -0.05) is 6.07 Å². The van der Waals surface area contributed by atoms with E-state index in [2.05, 4.69) is 22.1 Å². The molecule has 2 fully saturated rings. The standard InChI is InChI=1S/C18H27N3O3/c1-14-13-21(8-10-23-14)17-6-4-15(11-19-17)12-20-18(22)7-5-16-3-2-9-24-16/h4,6,11,14,16H,2-3,5,7-10,12-13H2,1H3,(H,20,22)/t14-,16+/m1/s1. The van der Waals surface area contributed by atoms with Crippen LogP contribution in [0.1, 0.15) is 38.2 Å². The summed E-state index contributed by atoms with van der Waals surface area (Å²) in [5.74, 6) is 1.05. The highest BCUT2D eigenvalue weighted by Gasteiger charge is 2.18. The molecule has 2 aliphatic heterocycles. The zero-order valence-electron chi connectivity index (χ0n) is 14.4. The lowest BCUT2D eigenvalue weighted by Crippen LogP contribution is -2.41. The smallest absolute Gasteiger partial charge is 0.220 e. The second-order valence-corrected chi connectivity index (χ2v) is 6.60. The molecule has 6 nitrogen and oxygen atoms in total. The van der Waals surface area contributed by atoms with Gasteiger partial charge in [0.05, 0.1) is 18.8 Å². The third-order valence-corrected chi connectivity index (χ3v) is 4.58. The van der Waals surface area contributed by atoms with Crippen LogP contribution in [0.25, 0.3) is 0 Å². The van der Waals surface area contributed by atoms with Crippen LogP contribution in [-0.4, -0.2) is 49.4 Å². The SMILES string of the molecule is C[C@@H]1CN(c2ccc(CNC(=O)CC[C@@H]3CCCO3)cn2)CCO1. The van der Waals surface area contributed by atoms with Crippen LogP contribution in [0, 0.1) is 0 Å². The van der Waals surface area contributed by atoms with E-state index in [1.807, 2.05) is 18.3 Å². The molecule has 0 radical (unpaired) electrons. The molecule has 0 aromatic carbocycles. The molecule has 2 saturated heterocycles. The van der Waals surface area contributed by atoms with Crippen LogP contribution in [0.5, 0.6) is 0 Å². The Morgan fingerprint density at radius 1 is 1.38 bits per heavy atom. The van der Waals surface area contributed by atoms with Gasteiger partial charge in [-0.15, -0.1) is 0 Å². The first-order chi connectivity index (χ1) is 11.7. The van der Waals surface area contributed by atoms with Crippen molar-refractivity contribution in [2.45, 2.75) is 51.4 Å². The predicted molar refractivity (Wildman–Crippen MR) is 91.9 cm³/mol. The van der Waals surface area contributed by atoms with Crippen molar-refractivity contribution in [1.82, 2.24) is 10.3 Å². The van der Waals surface area contributed by atoms with Crippen molar-refractivity contribution in [2.24, 2.45) is 0 Å². The van der Waals surface area contributed by atoms with E-state index in [4.69, 9.17) is 9.47 Å². The number of rotatable bonds is 6. The number of amides is 1. The maximum Gasteiger partial charge on any atom is 0.220 e. The number of ether oxygens (including phenoxy) is 2. The Morgan fingerprint density at radius 2 is 2.29 bits per heavy atom. The fraction of sp³-hybridized carbons (Fsp3) is 0.667. The van der Waals surface area contributed by atoms with E-state index in [9.17, 15) is 4.79 Å². The largest absolute Gasteiger partial charge is 0.378 e. The molecule has 2 aliphatic rings. The van der Waals surface area contributed by atoms with Gasteiger partial charge in [0.25, 0.3) is 0 Å². The molecule has 2 atom stereocenters. The van der Waals surface area contributed by atoms with Crippen molar-refractivity contribution >= 4 is 11.7 Å². The van der Waals surface area contributed by atoms with Crippen LogP contribution in [0.2, 0.25) is 0 Å². The molecule has 0 aliphatic carbocycles. The second-order valence-electron chi connectivity index (χ2n) is 6.60. The number of aromatic nitrogens is 1. The molecule has 0 bridgehead atoms. The van der Waals surface area contributed by atoms with Gasteiger partial charge >= 0.3 is 0 Å². The van der Waals surface area contributed by atoms with Gasteiger partial charge in [0.1, 0.15) is 5.82 Å². The van der Waals surface area contributed by atoms with Crippen molar-refractivity contribution < 1.29 is 14.3 Å². The normalized spacial score (nSPS) is 24.1. The lowest BCUT2D eigenvalue weighted by molar-refractivity contribution is -0.121. The summed E-state index contributed by atoms with van der Waals surface area (Å²) >= 11 is 0.